The van der Waals surface area contributed by atoms with Gasteiger partial charge < -0.3 is 16.2 Å². The van der Waals surface area contributed by atoms with Crippen molar-refractivity contribution in [1.29, 1.82) is 0 Å². The number of esters is 1. The highest BCUT2D eigenvalue weighted by Crippen LogP contribution is 2.12. The summed E-state index contributed by atoms with van der Waals surface area (Å²) in [5.74, 6) is 0.141. The molecule has 124 valence electrons. The Hall–Kier alpha value is -2.05. The van der Waals surface area contributed by atoms with E-state index in [9.17, 15) is 9.59 Å². The van der Waals surface area contributed by atoms with Crippen LogP contribution in [0.25, 0.3) is 0 Å². The molecule has 7 heteroatoms. The molecule has 1 heterocycles. The predicted octanol–water partition coefficient (Wildman–Crippen LogP) is 1.77. The fourth-order valence-corrected chi connectivity index (χ4v) is 2.33. The number of anilines is 2. The Kier molecular flexibility index (Phi) is 8.03. The van der Waals surface area contributed by atoms with Gasteiger partial charge in [0.1, 0.15) is 5.82 Å². The zero-order valence-electron chi connectivity index (χ0n) is 13.2. The molecule has 5 N–H and O–H groups in total. The van der Waals surface area contributed by atoms with Crippen molar-refractivity contribution in [3.05, 3.63) is 15.9 Å². The minimum absolute atomic E-state index is 0.0539. The van der Waals surface area contributed by atoms with Gasteiger partial charge in [-0.2, -0.15) is 4.98 Å². The lowest BCUT2D eigenvalue weighted by Gasteiger charge is -2.05. The van der Waals surface area contributed by atoms with Crippen molar-refractivity contribution >= 4 is 17.7 Å². The van der Waals surface area contributed by atoms with Crippen molar-refractivity contribution in [2.45, 2.75) is 57.8 Å². The van der Waals surface area contributed by atoms with E-state index in [0.29, 0.717) is 18.4 Å². The van der Waals surface area contributed by atoms with E-state index < -0.39 is 0 Å². The molecule has 1 aromatic heterocycles. The van der Waals surface area contributed by atoms with Crippen LogP contribution in [0.1, 0.15) is 56.9 Å². The van der Waals surface area contributed by atoms with Crippen LogP contribution in [0.4, 0.5) is 11.8 Å². The van der Waals surface area contributed by atoms with Crippen molar-refractivity contribution in [2.75, 3.05) is 18.6 Å². The van der Waals surface area contributed by atoms with Crippen LogP contribution < -0.4 is 17.0 Å². The van der Waals surface area contributed by atoms with Crippen LogP contribution in [0.5, 0.6) is 0 Å². The Morgan fingerprint density at radius 1 is 1.09 bits per heavy atom. The summed E-state index contributed by atoms with van der Waals surface area (Å²) in [7, 11) is 1.41. The van der Waals surface area contributed by atoms with Gasteiger partial charge in [0, 0.05) is 6.42 Å². The average molecular weight is 310 g/mol. The number of methoxy groups -OCH3 is 1. The topological polar surface area (TPSA) is 124 Å². The van der Waals surface area contributed by atoms with Crippen LogP contribution in [0.15, 0.2) is 4.79 Å². The average Bonchev–Trinajstić information content (AvgIpc) is 2.47. The van der Waals surface area contributed by atoms with Gasteiger partial charge in [0.25, 0.3) is 5.56 Å². The number of carbonyl (C=O) groups is 1. The van der Waals surface area contributed by atoms with Crippen LogP contribution in [-0.4, -0.2) is 23.0 Å². The molecule has 0 fully saturated rings. The van der Waals surface area contributed by atoms with Gasteiger partial charge in [-0.1, -0.05) is 32.1 Å². The van der Waals surface area contributed by atoms with Gasteiger partial charge in [-0.25, -0.2) is 0 Å². The minimum Gasteiger partial charge on any atom is -0.469 e. The molecule has 0 atom stereocenters. The summed E-state index contributed by atoms with van der Waals surface area (Å²) >= 11 is 0. The summed E-state index contributed by atoms with van der Waals surface area (Å²) in [4.78, 5) is 28.9. The number of nitrogen functional groups attached to an aromatic ring is 2. The van der Waals surface area contributed by atoms with Gasteiger partial charge in [0.15, 0.2) is 0 Å². The first-order valence-electron chi connectivity index (χ1n) is 7.75. The lowest BCUT2D eigenvalue weighted by atomic mass is 10.0. The summed E-state index contributed by atoms with van der Waals surface area (Å²) < 4.78 is 4.59. The maximum Gasteiger partial charge on any atom is 0.305 e. The molecule has 0 aliphatic rings. The molecule has 1 aromatic rings. The Morgan fingerprint density at radius 3 is 2.27 bits per heavy atom. The number of rotatable bonds is 10. The first kappa shape index (κ1) is 18.0. The number of carbonyl (C=O) groups excluding carboxylic acids is 1. The number of hydrogen-bond donors (Lipinski definition) is 3. The molecule has 7 nitrogen and oxygen atoms in total. The second-order valence-corrected chi connectivity index (χ2v) is 5.37. The van der Waals surface area contributed by atoms with E-state index in [1.165, 1.54) is 7.11 Å². The number of unbranched alkanes of at least 4 members (excludes halogenated alkanes) is 6. The Morgan fingerprint density at radius 2 is 1.68 bits per heavy atom. The molecule has 0 aliphatic carbocycles. The molecule has 0 saturated heterocycles. The monoisotopic (exact) mass is 310 g/mol. The zero-order chi connectivity index (χ0) is 16.4. The fourth-order valence-electron chi connectivity index (χ4n) is 2.33. The first-order chi connectivity index (χ1) is 10.5. The third-order valence-electron chi connectivity index (χ3n) is 3.60. The summed E-state index contributed by atoms with van der Waals surface area (Å²) in [6.07, 6.45) is 8.36. The number of ether oxygens (including phenoxy) is 1. The first-order valence-corrected chi connectivity index (χ1v) is 7.75. The van der Waals surface area contributed by atoms with Gasteiger partial charge in [-0.05, 0) is 19.3 Å². The number of hydrogen-bond acceptors (Lipinski definition) is 6. The van der Waals surface area contributed by atoms with E-state index in [1.807, 2.05) is 0 Å². The Labute approximate surface area is 130 Å². The largest absolute Gasteiger partial charge is 0.469 e. The number of aromatic amines is 1. The summed E-state index contributed by atoms with van der Waals surface area (Å²) in [6, 6.07) is 0. The number of H-pyrrole nitrogens is 1. The van der Waals surface area contributed by atoms with E-state index in [0.717, 1.165) is 44.9 Å². The quantitative estimate of drug-likeness (QED) is 0.447. The summed E-state index contributed by atoms with van der Waals surface area (Å²) in [6.45, 7) is 0. The third kappa shape index (κ3) is 6.60. The SMILES string of the molecule is COC(=O)CCCCCCCCCc1c(N)nc(N)[nH]c1=O. The predicted molar refractivity (Wildman–Crippen MR) is 86.3 cm³/mol. The summed E-state index contributed by atoms with van der Waals surface area (Å²) in [5.41, 5.74) is 11.4. The smallest absolute Gasteiger partial charge is 0.305 e. The van der Waals surface area contributed by atoms with Gasteiger partial charge in [0.05, 0.1) is 12.7 Å². The van der Waals surface area contributed by atoms with E-state index in [-0.39, 0.29) is 23.3 Å². The Balaban J connectivity index is 2.09. The summed E-state index contributed by atoms with van der Waals surface area (Å²) in [5, 5.41) is 0. The van der Waals surface area contributed by atoms with Crippen LogP contribution in [0.3, 0.4) is 0 Å². The lowest BCUT2D eigenvalue weighted by Crippen LogP contribution is -2.19. The molecule has 0 bridgehead atoms. The molecule has 0 unspecified atom stereocenters. The molecular formula is C15H26N4O3. The van der Waals surface area contributed by atoms with E-state index in [4.69, 9.17) is 11.5 Å². The van der Waals surface area contributed by atoms with Crippen molar-refractivity contribution in [2.24, 2.45) is 0 Å². The van der Waals surface area contributed by atoms with Gasteiger partial charge in [-0.3, -0.25) is 14.6 Å². The second kappa shape index (κ2) is 9.81. The highest BCUT2D eigenvalue weighted by molar-refractivity contribution is 5.68. The number of nitrogens with one attached hydrogen (secondary N) is 1. The van der Waals surface area contributed by atoms with Crippen LogP contribution in [0, 0.1) is 0 Å². The standard InChI is InChI=1S/C15H26N4O3/c1-22-12(20)10-8-6-4-2-3-5-7-9-11-13(16)18-15(17)19-14(11)21/h2-10H2,1H3,(H5,16,17,18,19,21). The molecule has 0 radical (unpaired) electrons. The molecule has 0 saturated carbocycles. The van der Waals surface area contributed by atoms with E-state index in [2.05, 4.69) is 14.7 Å². The normalized spacial score (nSPS) is 10.6. The van der Waals surface area contributed by atoms with Crippen molar-refractivity contribution in [3.8, 4) is 0 Å². The van der Waals surface area contributed by atoms with Gasteiger partial charge in [-0.15, -0.1) is 0 Å². The van der Waals surface area contributed by atoms with Crippen molar-refractivity contribution in [3.63, 3.8) is 0 Å². The van der Waals surface area contributed by atoms with Crippen LogP contribution >= 0.6 is 0 Å². The maximum absolute atomic E-state index is 11.7. The third-order valence-corrected chi connectivity index (χ3v) is 3.60. The fraction of sp³-hybridized carbons (Fsp3) is 0.667. The lowest BCUT2D eigenvalue weighted by molar-refractivity contribution is -0.140. The minimum atomic E-state index is -0.243. The van der Waals surface area contributed by atoms with Crippen molar-refractivity contribution < 1.29 is 9.53 Å². The molecule has 22 heavy (non-hydrogen) atoms. The van der Waals surface area contributed by atoms with E-state index >= 15 is 0 Å². The number of nitrogens with two attached hydrogens (primary N) is 2. The zero-order valence-corrected chi connectivity index (χ0v) is 13.2. The molecule has 0 amide bonds. The van der Waals surface area contributed by atoms with Crippen LogP contribution in [-0.2, 0) is 16.0 Å². The number of nitrogens with zero attached hydrogens (tertiary/aromatic N) is 1. The second-order valence-electron chi connectivity index (χ2n) is 5.37. The highest BCUT2D eigenvalue weighted by atomic mass is 16.5. The molecular weight excluding hydrogens is 284 g/mol. The molecule has 0 spiro atoms. The number of aromatic nitrogens is 2. The highest BCUT2D eigenvalue weighted by Gasteiger charge is 2.07. The van der Waals surface area contributed by atoms with Gasteiger partial charge in [0.2, 0.25) is 5.95 Å². The van der Waals surface area contributed by atoms with Crippen LogP contribution in [0.2, 0.25) is 0 Å². The van der Waals surface area contributed by atoms with Crippen molar-refractivity contribution in [1.82, 2.24) is 9.97 Å². The Bertz CT molecular complexity index is 528. The van der Waals surface area contributed by atoms with Gasteiger partial charge >= 0.3 is 5.97 Å². The maximum atomic E-state index is 11.7. The molecule has 0 aliphatic heterocycles. The van der Waals surface area contributed by atoms with E-state index in [1.54, 1.807) is 0 Å². The molecule has 0 aromatic carbocycles. The molecule has 1 rings (SSSR count).